The van der Waals surface area contributed by atoms with Crippen molar-refractivity contribution in [3.05, 3.63) is 66.6 Å². The van der Waals surface area contributed by atoms with E-state index in [0.717, 1.165) is 22.6 Å². The van der Waals surface area contributed by atoms with Gasteiger partial charge in [0.2, 0.25) is 5.91 Å². The molecule has 2 aromatic carbocycles. The molecule has 140 valence electrons. The van der Waals surface area contributed by atoms with E-state index < -0.39 is 0 Å². The molecule has 1 amide bonds. The van der Waals surface area contributed by atoms with Crippen molar-refractivity contribution in [3.8, 4) is 22.6 Å². The highest BCUT2D eigenvalue weighted by Crippen LogP contribution is 2.32. The maximum atomic E-state index is 12.1. The van der Waals surface area contributed by atoms with Crippen LogP contribution in [0.3, 0.4) is 0 Å². The normalized spacial score (nSPS) is 11.9. The molecule has 0 saturated heterocycles. The Morgan fingerprint density at radius 3 is 2.33 bits per heavy atom. The van der Waals surface area contributed by atoms with E-state index in [1.54, 1.807) is 7.11 Å². The average molecular weight is 364 g/mol. The third-order valence-corrected chi connectivity index (χ3v) is 4.14. The minimum absolute atomic E-state index is 0.0215. The van der Waals surface area contributed by atoms with Crippen LogP contribution in [-0.2, 0) is 16.0 Å². The highest BCUT2D eigenvalue weighted by atomic mass is 16.5. The molecule has 1 N–H and O–H groups in total. The highest BCUT2D eigenvalue weighted by Gasteiger charge is 2.17. The van der Waals surface area contributed by atoms with Crippen molar-refractivity contribution in [1.29, 1.82) is 0 Å². The molecule has 0 aliphatic heterocycles. The van der Waals surface area contributed by atoms with Crippen molar-refractivity contribution < 1.29 is 13.9 Å². The minimum Gasteiger partial charge on any atom is -0.440 e. The van der Waals surface area contributed by atoms with E-state index in [9.17, 15) is 4.79 Å². The largest absolute Gasteiger partial charge is 0.440 e. The van der Waals surface area contributed by atoms with Crippen molar-refractivity contribution in [3.63, 3.8) is 0 Å². The number of oxazole rings is 1. The Morgan fingerprint density at radius 1 is 1.07 bits per heavy atom. The van der Waals surface area contributed by atoms with Gasteiger partial charge in [-0.2, -0.15) is 0 Å². The molecule has 27 heavy (non-hydrogen) atoms. The number of aryl methyl sites for hydroxylation is 1. The molecule has 5 heteroatoms. The number of hydrogen-bond donors (Lipinski definition) is 1. The molecule has 1 heterocycles. The lowest BCUT2D eigenvalue weighted by Crippen LogP contribution is -2.35. The molecule has 3 rings (SSSR count). The van der Waals surface area contributed by atoms with Crippen LogP contribution in [0.15, 0.2) is 65.1 Å². The number of rotatable bonds is 8. The lowest BCUT2D eigenvalue weighted by molar-refractivity contribution is -0.122. The molecule has 0 aliphatic carbocycles. The standard InChI is InChI=1S/C22H24N2O3/c1-16(15-26-2)23-19(25)13-14-20-24-21(17-9-5-3-6-10-17)22(27-20)18-11-7-4-8-12-18/h3-12,16H,13-15H2,1-2H3,(H,23,25)/t16-/m0/s1. The molecule has 1 aromatic heterocycles. The van der Waals surface area contributed by atoms with Crippen LogP contribution < -0.4 is 5.32 Å². The van der Waals surface area contributed by atoms with Crippen LogP contribution in [0.5, 0.6) is 0 Å². The van der Waals surface area contributed by atoms with Crippen LogP contribution in [0.4, 0.5) is 0 Å². The van der Waals surface area contributed by atoms with Crippen LogP contribution in [-0.4, -0.2) is 30.6 Å². The monoisotopic (exact) mass is 364 g/mol. The number of nitrogens with one attached hydrogen (secondary N) is 1. The Kier molecular flexibility index (Phi) is 6.39. The van der Waals surface area contributed by atoms with Gasteiger partial charge in [0.05, 0.1) is 6.61 Å². The number of nitrogens with zero attached hydrogens (tertiary/aromatic N) is 1. The Labute approximate surface area is 159 Å². The summed E-state index contributed by atoms with van der Waals surface area (Å²) in [5, 5.41) is 2.90. The first-order valence-electron chi connectivity index (χ1n) is 9.06. The minimum atomic E-state index is -0.0414. The Hall–Kier alpha value is -2.92. The predicted octanol–water partition coefficient (Wildman–Crippen LogP) is 4.09. The zero-order valence-corrected chi connectivity index (χ0v) is 15.6. The van der Waals surface area contributed by atoms with E-state index in [4.69, 9.17) is 9.15 Å². The van der Waals surface area contributed by atoms with Gasteiger partial charge in [-0.05, 0) is 6.92 Å². The maximum absolute atomic E-state index is 12.1. The SMILES string of the molecule is COC[C@H](C)NC(=O)CCc1nc(-c2ccccc2)c(-c2ccccc2)o1. The van der Waals surface area contributed by atoms with Crippen molar-refractivity contribution in [1.82, 2.24) is 10.3 Å². The summed E-state index contributed by atoms with van der Waals surface area (Å²) in [7, 11) is 1.62. The van der Waals surface area contributed by atoms with Crippen molar-refractivity contribution >= 4 is 5.91 Å². The molecule has 0 unspecified atom stereocenters. The second-order valence-corrected chi connectivity index (χ2v) is 6.44. The van der Waals surface area contributed by atoms with Gasteiger partial charge >= 0.3 is 0 Å². The van der Waals surface area contributed by atoms with Gasteiger partial charge < -0.3 is 14.5 Å². The van der Waals surface area contributed by atoms with Crippen molar-refractivity contribution in [2.24, 2.45) is 0 Å². The lowest BCUT2D eigenvalue weighted by atomic mass is 10.1. The quantitative estimate of drug-likeness (QED) is 0.654. The number of hydrogen-bond acceptors (Lipinski definition) is 4. The summed E-state index contributed by atoms with van der Waals surface area (Å²) in [5.41, 5.74) is 2.75. The van der Waals surface area contributed by atoms with E-state index in [-0.39, 0.29) is 11.9 Å². The predicted molar refractivity (Wildman–Crippen MR) is 105 cm³/mol. The molecule has 0 saturated carbocycles. The van der Waals surface area contributed by atoms with Crippen LogP contribution in [0.1, 0.15) is 19.2 Å². The lowest BCUT2D eigenvalue weighted by Gasteiger charge is -2.11. The summed E-state index contributed by atoms with van der Waals surface area (Å²) in [6, 6.07) is 19.8. The van der Waals surface area contributed by atoms with E-state index >= 15 is 0 Å². The van der Waals surface area contributed by atoms with Crippen LogP contribution in [0.25, 0.3) is 22.6 Å². The summed E-state index contributed by atoms with van der Waals surface area (Å²) in [4.78, 5) is 16.8. The van der Waals surface area contributed by atoms with Crippen LogP contribution in [0, 0.1) is 0 Å². The first-order valence-corrected chi connectivity index (χ1v) is 9.06. The van der Waals surface area contributed by atoms with Gasteiger partial charge in [0, 0.05) is 37.1 Å². The summed E-state index contributed by atoms with van der Waals surface area (Å²) < 4.78 is 11.1. The summed E-state index contributed by atoms with van der Waals surface area (Å²) in [6.07, 6.45) is 0.759. The number of methoxy groups -OCH3 is 1. The molecule has 1 atom stereocenters. The summed E-state index contributed by atoms with van der Waals surface area (Å²) in [6.45, 7) is 2.40. The average Bonchev–Trinajstić information content (AvgIpc) is 3.12. The van der Waals surface area contributed by atoms with Gasteiger partial charge in [0.25, 0.3) is 0 Å². The number of amides is 1. The molecular weight excluding hydrogens is 340 g/mol. The summed E-state index contributed by atoms with van der Waals surface area (Å²) in [5.74, 6) is 1.24. The molecule has 0 fully saturated rings. The number of ether oxygens (including phenoxy) is 1. The topological polar surface area (TPSA) is 64.4 Å². The zero-order valence-electron chi connectivity index (χ0n) is 15.6. The first kappa shape index (κ1) is 18.9. The Morgan fingerprint density at radius 2 is 1.70 bits per heavy atom. The highest BCUT2D eigenvalue weighted by molar-refractivity contribution is 5.78. The van der Waals surface area contributed by atoms with Gasteiger partial charge in [-0.3, -0.25) is 4.79 Å². The zero-order chi connectivity index (χ0) is 19.1. The van der Waals surface area contributed by atoms with E-state index in [1.807, 2.05) is 67.6 Å². The second-order valence-electron chi connectivity index (χ2n) is 6.44. The number of benzene rings is 2. The van der Waals surface area contributed by atoms with Gasteiger partial charge in [-0.1, -0.05) is 60.7 Å². The molecule has 0 spiro atoms. The Balaban J connectivity index is 1.79. The molecule has 0 radical (unpaired) electrons. The number of aromatic nitrogens is 1. The Bertz CT molecular complexity index is 803. The van der Waals surface area contributed by atoms with Crippen LogP contribution >= 0.6 is 0 Å². The maximum Gasteiger partial charge on any atom is 0.220 e. The molecular formula is C22H24N2O3. The molecule has 0 bridgehead atoms. The molecule has 3 aromatic rings. The van der Waals surface area contributed by atoms with Gasteiger partial charge in [-0.25, -0.2) is 4.98 Å². The third kappa shape index (κ3) is 5.05. The van der Waals surface area contributed by atoms with E-state index in [2.05, 4.69) is 10.3 Å². The number of carbonyl (C=O) groups excluding carboxylic acids is 1. The number of carbonyl (C=O) groups is 1. The van der Waals surface area contributed by atoms with Gasteiger partial charge in [-0.15, -0.1) is 0 Å². The van der Waals surface area contributed by atoms with Crippen molar-refractivity contribution in [2.75, 3.05) is 13.7 Å². The van der Waals surface area contributed by atoms with Gasteiger partial charge in [0.1, 0.15) is 5.69 Å². The first-order chi connectivity index (χ1) is 13.2. The van der Waals surface area contributed by atoms with Crippen LogP contribution in [0.2, 0.25) is 0 Å². The fourth-order valence-corrected chi connectivity index (χ4v) is 2.91. The summed E-state index contributed by atoms with van der Waals surface area (Å²) >= 11 is 0. The second kappa shape index (κ2) is 9.14. The van der Waals surface area contributed by atoms with Gasteiger partial charge in [0.15, 0.2) is 11.7 Å². The molecule has 0 aliphatic rings. The van der Waals surface area contributed by atoms with Crippen molar-refractivity contribution in [2.45, 2.75) is 25.8 Å². The third-order valence-electron chi connectivity index (χ3n) is 4.14. The van der Waals surface area contributed by atoms with E-state index in [0.29, 0.717) is 25.3 Å². The fourth-order valence-electron chi connectivity index (χ4n) is 2.91. The smallest absolute Gasteiger partial charge is 0.220 e. The fraction of sp³-hybridized carbons (Fsp3) is 0.273. The molecule has 5 nitrogen and oxygen atoms in total. The van der Waals surface area contributed by atoms with E-state index in [1.165, 1.54) is 0 Å².